The molecule has 58 heavy (non-hydrogen) atoms. The molecule has 2 unspecified atom stereocenters. The molecule has 298 valence electrons. The molecule has 0 spiro atoms. The quantitative estimate of drug-likeness (QED) is 0.156. The summed E-state index contributed by atoms with van der Waals surface area (Å²) in [6, 6.07) is 35.7. The summed E-state index contributed by atoms with van der Waals surface area (Å²) in [6.45, 7) is 26.9. The molecule has 6 heteroatoms. The minimum atomic E-state index is -5.41. The summed E-state index contributed by atoms with van der Waals surface area (Å²) in [5.74, 6) is 3.43. The SMILES string of the molecule is Cc1ccc(C2=Cc3c(ccc(C)c3-c3cccc(C(C)(C)C)c3)[CH]2[Zr]([Cl])([Cl])([CH]2C(c3ccc(C)o3)=Cc3c2ccc(C)c3-c2cccc(C(C)(C)C)c2)=[Si](C)C)o1. The monoisotopic (exact) mass is 900 g/mol. The molecule has 2 aliphatic carbocycles. The zero-order valence-corrected chi connectivity index (χ0v) is 41.1. The van der Waals surface area contributed by atoms with Crippen LogP contribution in [0.1, 0.15) is 116 Å². The van der Waals surface area contributed by atoms with Crippen LogP contribution < -0.4 is 0 Å². The molecule has 0 N–H and O–H groups in total. The van der Waals surface area contributed by atoms with Crippen LogP contribution in [0.5, 0.6) is 0 Å². The third-order valence-corrected chi connectivity index (χ3v) is 59.2. The van der Waals surface area contributed by atoms with Crippen LogP contribution in [0.2, 0.25) is 13.1 Å². The molecule has 0 saturated carbocycles. The third-order valence-electron chi connectivity index (χ3n) is 12.9. The molecular formula is C52H56Cl2O2SiZr. The Hall–Kier alpha value is -3.40. The van der Waals surface area contributed by atoms with Gasteiger partial charge >= 0.3 is 357 Å². The van der Waals surface area contributed by atoms with Gasteiger partial charge in [-0.2, -0.15) is 0 Å². The van der Waals surface area contributed by atoms with Crippen LogP contribution in [0.3, 0.4) is 0 Å². The molecule has 2 nitrogen and oxygen atoms in total. The van der Waals surface area contributed by atoms with E-state index in [-0.39, 0.29) is 18.1 Å². The molecule has 2 heterocycles. The van der Waals surface area contributed by atoms with Gasteiger partial charge in [-0.25, -0.2) is 0 Å². The molecule has 0 fully saturated rings. The number of aryl methyl sites for hydroxylation is 4. The number of allylic oxidation sites excluding steroid dienone is 2. The van der Waals surface area contributed by atoms with Gasteiger partial charge in [-0.3, -0.25) is 0 Å². The Labute approximate surface area is 354 Å². The van der Waals surface area contributed by atoms with Crippen molar-refractivity contribution in [2.24, 2.45) is 0 Å². The number of fused-ring (bicyclic) bond motifs is 2. The van der Waals surface area contributed by atoms with Gasteiger partial charge in [-0.05, 0) is 0 Å². The van der Waals surface area contributed by atoms with E-state index in [0.717, 1.165) is 34.2 Å². The van der Waals surface area contributed by atoms with Gasteiger partial charge in [0.2, 0.25) is 0 Å². The first-order chi connectivity index (χ1) is 27.2. The molecular weight excluding hydrogens is 847 g/mol. The van der Waals surface area contributed by atoms with Crippen LogP contribution >= 0.6 is 17.0 Å². The van der Waals surface area contributed by atoms with E-state index in [9.17, 15) is 0 Å². The van der Waals surface area contributed by atoms with Crippen LogP contribution in [-0.4, -0.2) is 5.43 Å². The molecule has 8 rings (SSSR count). The number of rotatable bonds is 6. The van der Waals surface area contributed by atoms with E-state index in [1.54, 1.807) is 0 Å². The Bertz CT molecular complexity index is 2600. The second kappa shape index (κ2) is 14.4. The Balaban J connectivity index is 1.45. The third kappa shape index (κ3) is 6.70. The maximum atomic E-state index is 9.00. The number of hydrogen-bond acceptors (Lipinski definition) is 2. The normalized spacial score (nSPS) is 16.9. The molecule has 0 radical (unpaired) electrons. The van der Waals surface area contributed by atoms with Crippen molar-refractivity contribution in [2.75, 3.05) is 0 Å². The minimum absolute atomic E-state index is 0.00878. The van der Waals surface area contributed by atoms with Gasteiger partial charge in [0.25, 0.3) is 0 Å². The molecule has 2 aliphatic rings. The van der Waals surface area contributed by atoms with Crippen LogP contribution in [-0.2, 0) is 25.8 Å². The Morgan fingerprint density at radius 1 is 0.534 bits per heavy atom. The Kier molecular flexibility index (Phi) is 10.2. The molecule has 0 amide bonds. The van der Waals surface area contributed by atoms with Crippen molar-refractivity contribution >= 4 is 45.8 Å². The van der Waals surface area contributed by atoms with E-state index in [1.165, 1.54) is 66.8 Å². The fourth-order valence-electron chi connectivity index (χ4n) is 9.66. The topological polar surface area (TPSA) is 26.3 Å². The second-order valence-electron chi connectivity index (χ2n) is 19.2. The van der Waals surface area contributed by atoms with E-state index in [1.807, 2.05) is 13.8 Å². The molecule has 6 aromatic rings. The summed E-state index contributed by atoms with van der Waals surface area (Å²) in [5, 5.41) is 0. The van der Waals surface area contributed by atoms with Gasteiger partial charge in [0, 0.05) is 0 Å². The summed E-state index contributed by atoms with van der Waals surface area (Å²) in [4.78, 5) is 0. The second-order valence-corrected chi connectivity index (χ2v) is 58.0. The maximum absolute atomic E-state index is 9.00. The summed E-state index contributed by atoms with van der Waals surface area (Å²) in [7, 11) is 18.0. The van der Waals surface area contributed by atoms with E-state index in [0.29, 0.717) is 0 Å². The van der Waals surface area contributed by atoms with Gasteiger partial charge in [0.05, 0.1) is 0 Å². The standard InChI is InChI=1S/2C25H25O.C2H6Si.2ClH.Zr/c2*1-16-9-11-18-13-20(23-12-10-17(2)26-23)15-22(18)24(16)19-7-6-8-21(14-19)25(3,4)5;1-3-2;;;/h2*6-15H,1-5H3;1-2H3;2*1H;/q;;;;;+2/p-2. The average molecular weight is 903 g/mol. The van der Waals surface area contributed by atoms with Crippen molar-refractivity contribution in [1.82, 2.24) is 0 Å². The van der Waals surface area contributed by atoms with Crippen molar-refractivity contribution in [3.05, 3.63) is 165 Å². The van der Waals surface area contributed by atoms with Crippen molar-refractivity contribution in [1.29, 1.82) is 0 Å². The molecule has 0 saturated heterocycles. The summed E-state index contributed by atoms with van der Waals surface area (Å²) < 4.78 is 12.7. The molecule has 2 atom stereocenters. The van der Waals surface area contributed by atoms with Crippen LogP contribution in [0.25, 0.3) is 45.6 Å². The Morgan fingerprint density at radius 2 is 0.931 bits per heavy atom. The summed E-state index contributed by atoms with van der Waals surface area (Å²) >= 11 is -5.41. The van der Waals surface area contributed by atoms with E-state index in [2.05, 4.69) is 178 Å². The Morgan fingerprint density at radius 3 is 1.26 bits per heavy atom. The summed E-state index contributed by atoms with van der Waals surface area (Å²) in [6.07, 6.45) is 4.75. The first kappa shape index (κ1) is 41.3. The van der Waals surface area contributed by atoms with Gasteiger partial charge in [0.15, 0.2) is 0 Å². The number of halogens is 2. The predicted molar refractivity (Wildman–Crippen MR) is 248 cm³/mol. The first-order valence-corrected chi connectivity index (χ1v) is 36.0. The molecule has 0 bridgehead atoms. The van der Waals surface area contributed by atoms with Gasteiger partial charge in [-0.15, -0.1) is 0 Å². The van der Waals surface area contributed by atoms with Gasteiger partial charge < -0.3 is 0 Å². The van der Waals surface area contributed by atoms with Crippen LogP contribution in [0.15, 0.2) is 106 Å². The fraction of sp³-hybridized carbons (Fsp3) is 0.308. The van der Waals surface area contributed by atoms with Crippen molar-refractivity contribution < 1.29 is 23.8 Å². The molecule has 0 aliphatic heterocycles. The molecule has 2 aromatic heterocycles. The van der Waals surface area contributed by atoms with Gasteiger partial charge in [-0.1, -0.05) is 0 Å². The van der Waals surface area contributed by atoms with Crippen molar-refractivity contribution in [3.63, 3.8) is 0 Å². The fourth-order valence-corrected chi connectivity index (χ4v) is 37.3. The zero-order chi connectivity index (χ0) is 41.7. The van der Waals surface area contributed by atoms with Crippen LogP contribution in [0.4, 0.5) is 0 Å². The van der Waals surface area contributed by atoms with Crippen molar-refractivity contribution in [3.8, 4) is 22.3 Å². The first-order valence-electron chi connectivity index (χ1n) is 20.6. The average Bonchev–Trinajstić information content (AvgIpc) is 3.96. The van der Waals surface area contributed by atoms with Gasteiger partial charge in [0.1, 0.15) is 0 Å². The zero-order valence-electron chi connectivity index (χ0n) is 36.1. The van der Waals surface area contributed by atoms with E-state index >= 15 is 0 Å². The van der Waals surface area contributed by atoms with E-state index < -0.39 is 20.4 Å². The molecule has 4 aromatic carbocycles. The number of benzene rings is 4. The number of furan rings is 2. The van der Waals surface area contributed by atoms with Crippen molar-refractivity contribution in [2.45, 2.75) is 100 Å². The van der Waals surface area contributed by atoms with Crippen LogP contribution in [0, 0.1) is 27.7 Å². The number of hydrogen-bond donors (Lipinski definition) is 0. The predicted octanol–water partition coefficient (Wildman–Crippen LogP) is 16.2. The van der Waals surface area contributed by atoms with E-state index in [4.69, 9.17) is 25.9 Å². The summed E-state index contributed by atoms with van der Waals surface area (Å²) in [5.41, 5.74) is 15.5.